The van der Waals surface area contributed by atoms with Crippen molar-refractivity contribution in [3.05, 3.63) is 35.6 Å². The molecule has 0 aliphatic carbocycles. The van der Waals surface area contributed by atoms with E-state index in [1.807, 2.05) is 12.1 Å². The largest absolute Gasteiger partial charge is 0.396 e. The summed E-state index contributed by atoms with van der Waals surface area (Å²) in [5.41, 5.74) is 1.14. The van der Waals surface area contributed by atoms with E-state index in [0.29, 0.717) is 6.04 Å². The molecule has 0 saturated carbocycles. The van der Waals surface area contributed by atoms with Crippen LogP contribution in [0.1, 0.15) is 57.6 Å². The summed E-state index contributed by atoms with van der Waals surface area (Å²) in [5, 5.41) is 12.5. The summed E-state index contributed by atoms with van der Waals surface area (Å²) in [7, 11) is 0. The van der Waals surface area contributed by atoms with Crippen LogP contribution in [-0.2, 0) is 0 Å². The van der Waals surface area contributed by atoms with E-state index in [4.69, 9.17) is 5.11 Å². The molecular formula is C16H26FNO. The third-order valence-corrected chi connectivity index (χ3v) is 3.40. The standard InChI is InChI=1S/C16H26FNO/c1-3-4-7-16(18-13(2)6-5-12-19)14-8-10-15(17)11-9-14/h8-11,13,16,18-19H,3-7,12H2,1-2H3. The van der Waals surface area contributed by atoms with Crippen LogP contribution in [0.3, 0.4) is 0 Å². The van der Waals surface area contributed by atoms with Gasteiger partial charge in [0.2, 0.25) is 0 Å². The zero-order chi connectivity index (χ0) is 14.1. The van der Waals surface area contributed by atoms with Gasteiger partial charge in [-0.05, 0) is 43.9 Å². The second-order valence-corrected chi connectivity index (χ2v) is 5.18. The Labute approximate surface area is 116 Å². The monoisotopic (exact) mass is 267 g/mol. The van der Waals surface area contributed by atoms with Crippen molar-refractivity contribution >= 4 is 0 Å². The number of benzene rings is 1. The third kappa shape index (κ3) is 6.17. The van der Waals surface area contributed by atoms with Crippen LogP contribution in [0.15, 0.2) is 24.3 Å². The topological polar surface area (TPSA) is 32.3 Å². The molecule has 1 aromatic rings. The SMILES string of the molecule is CCCCC(NC(C)CCCO)c1ccc(F)cc1. The fourth-order valence-electron chi connectivity index (χ4n) is 2.27. The number of aliphatic hydroxyl groups excluding tert-OH is 1. The molecule has 0 bridgehead atoms. The van der Waals surface area contributed by atoms with Gasteiger partial charge in [0, 0.05) is 18.7 Å². The molecule has 2 atom stereocenters. The van der Waals surface area contributed by atoms with Gasteiger partial charge in [-0.1, -0.05) is 31.9 Å². The smallest absolute Gasteiger partial charge is 0.123 e. The molecule has 0 fully saturated rings. The summed E-state index contributed by atoms with van der Waals surface area (Å²) >= 11 is 0. The molecule has 19 heavy (non-hydrogen) atoms. The maximum Gasteiger partial charge on any atom is 0.123 e. The minimum atomic E-state index is -0.189. The minimum absolute atomic E-state index is 0.189. The van der Waals surface area contributed by atoms with Crippen LogP contribution < -0.4 is 5.32 Å². The van der Waals surface area contributed by atoms with E-state index < -0.39 is 0 Å². The Bertz CT molecular complexity index is 339. The molecule has 1 aromatic carbocycles. The molecule has 108 valence electrons. The highest BCUT2D eigenvalue weighted by Crippen LogP contribution is 2.21. The zero-order valence-corrected chi connectivity index (χ0v) is 12.0. The number of unbranched alkanes of at least 4 members (excludes halogenated alkanes) is 1. The van der Waals surface area contributed by atoms with Crippen molar-refractivity contribution in [3.63, 3.8) is 0 Å². The van der Waals surface area contributed by atoms with E-state index in [0.717, 1.165) is 37.7 Å². The predicted octanol–water partition coefficient (Wildman–Crippen LogP) is 3.81. The van der Waals surface area contributed by atoms with E-state index in [1.165, 1.54) is 12.1 Å². The number of halogens is 1. The van der Waals surface area contributed by atoms with Crippen LogP contribution >= 0.6 is 0 Å². The quantitative estimate of drug-likeness (QED) is 0.713. The molecule has 3 heteroatoms. The lowest BCUT2D eigenvalue weighted by Gasteiger charge is -2.24. The maximum absolute atomic E-state index is 13.0. The first-order chi connectivity index (χ1) is 9.17. The fourth-order valence-corrected chi connectivity index (χ4v) is 2.27. The lowest BCUT2D eigenvalue weighted by atomic mass is 9.99. The Kier molecular flexibility index (Phi) is 7.68. The molecular weight excluding hydrogens is 241 g/mol. The van der Waals surface area contributed by atoms with Crippen LogP contribution in [0.2, 0.25) is 0 Å². The molecule has 0 aliphatic heterocycles. The zero-order valence-electron chi connectivity index (χ0n) is 12.0. The summed E-state index contributed by atoms with van der Waals surface area (Å²) in [4.78, 5) is 0. The molecule has 0 radical (unpaired) electrons. The number of hydrogen-bond donors (Lipinski definition) is 2. The molecule has 1 rings (SSSR count). The van der Waals surface area contributed by atoms with Crippen molar-refractivity contribution < 1.29 is 9.50 Å². The highest BCUT2D eigenvalue weighted by molar-refractivity contribution is 5.20. The van der Waals surface area contributed by atoms with Gasteiger partial charge in [-0.2, -0.15) is 0 Å². The van der Waals surface area contributed by atoms with E-state index >= 15 is 0 Å². The van der Waals surface area contributed by atoms with Crippen LogP contribution in [-0.4, -0.2) is 17.8 Å². The Hall–Kier alpha value is -0.930. The van der Waals surface area contributed by atoms with Crippen molar-refractivity contribution in [2.75, 3.05) is 6.61 Å². The van der Waals surface area contributed by atoms with Crippen molar-refractivity contribution in [2.24, 2.45) is 0 Å². The highest BCUT2D eigenvalue weighted by Gasteiger charge is 2.13. The second-order valence-electron chi connectivity index (χ2n) is 5.18. The Balaban J connectivity index is 2.62. The predicted molar refractivity (Wildman–Crippen MR) is 77.6 cm³/mol. The van der Waals surface area contributed by atoms with Gasteiger partial charge in [0.15, 0.2) is 0 Å². The minimum Gasteiger partial charge on any atom is -0.396 e. The van der Waals surface area contributed by atoms with Crippen LogP contribution in [0.5, 0.6) is 0 Å². The van der Waals surface area contributed by atoms with Crippen LogP contribution in [0.4, 0.5) is 4.39 Å². The van der Waals surface area contributed by atoms with Crippen molar-refractivity contribution in [2.45, 2.75) is 58.0 Å². The lowest BCUT2D eigenvalue weighted by Crippen LogP contribution is -2.30. The molecule has 0 saturated heterocycles. The van der Waals surface area contributed by atoms with Gasteiger partial charge in [-0.15, -0.1) is 0 Å². The Morgan fingerprint density at radius 1 is 1.16 bits per heavy atom. The van der Waals surface area contributed by atoms with Gasteiger partial charge in [0.25, 0.3) is 0 Å². The molecule has 0 heterocycles. The Morgan fingerprint density at radius 3 is 2.42 bits per heavy atom. The summed E-state index contributed by atoms with van der Waals surface area (Å²) in [6.07, 6.45) is 5.15. The molecule has 2 nitrogen and oxygen atoms in total. The Morgan fingerprint density at radius 2 is 1.84 bits per heavy atom. The average Bonchev–Trinajstić information content (AvgIpc) is 2.42. The van der Waals surface area contributed by atoms with Crippen LogP contribution in [0.25, 0.3) is 0 Å². The number of hydrogen-bond acceptors (Lipinski definition) is 2. The molecule has 2 unspecified atom stereocenters. The van der Waals surface area contributed by atoms with E-state index in [-0.39, 0.29) is 18.5 Å². The molecule has 0 spiro atoms. The third-order valence-electron chi connectivity index (χ3n) is 3.40. The first-order valence-corrected chi connectivity index (χ1v) is 7.29. The van der Waals surface area contributed by atoms with E-state index in [2.05, 4.69) is 19.2 Å². The van der Waals surface area contributed by atoms with E-state index in [9.17, 15) is 4.39 Å². The first-order valence-electron chi connectivity index (χ1n) is 7.29. The average molecular weight is 267 g/mol. The van der Waals surface area contributed by atoms with E-state index in [1.54, 1.807) is 0 Å². The van der Waals surface area contributed by atoms with Crippen molar-refractivity contribution in [3.8, 4) is 0 Å². The van der Waals surface area contributed by atoms with Gasteiger partial charge in [-0.25, -0.2) is 4.39 Å². The second kappa shape index (κ2) is 9.05. The number of rotatable bonds is 9. The summed E-state index contributed by atoms with van der Waals surface area (Å²) in [6, 6.07) is 7.40. The van der Waals surface area contributed by atoms with Gasteiger partial charge in [0.05, 0.1) is 0 Å². The maximum atomic E-state index is 13.0. The fraction of sp³-hybridized carbons (Fsp3) is 0.625. The van der Waals surface area contributed by atoms with Gasteiger partial charge in [0.1, 0.15) is 5.82 Å². The van der Waals surface area contributed by atoms with Gasteiger partial charge < -0.3 is 10.4 Å². The lowest BCUT2D eigenvalue weighted by molar-refractivity contribution is 0.272. The van der Waals surface area contributed by atoms with Gasteiger partial charge in [-0.3, -0.25) is 0 Å². The molecule has 2 N–H and O–H groups in total. The molecule has 0 aliphatic rings. The van der Waals surface area contributed by atoms with Crippen LogP contribution in [0, 0.1) is 5.82 Å². The number of aliphatic hydroxyl groups is 1. The molecule has 0 amide bonds. The van der Waals surface area contributed by atoms with Crippen molar-refractivity contribution in [1.29, 1.82) is 0 Å². The summed E-state index contributed by atoms with van der Waals surface area (Å²) in [6.45, 7) is 4.55. The summed E-state index contributed by atoms with van der Waals surface area (Å²) in [5.74, 6) is -0.189. The number of nitrogens with one attached hydrogen (secondary N) is 1. The normalized spacial score (nSPS) is 14.3. The molecule has 0 aromatic heterocycles. The van der Waals surface area contributed by atoms with Gasteiger partial charge >= 0.3 is 0 Å². The highest BCUT2D eigenvalue weighted by atomic mass is 19.1. The van der Waals surface area contributed by atoms with Crippen molar-refractivity contribution in [1.82, 2.24) is 5.32 Å². The summed E-state index contributed by atoms with van der Waals surface area (Å²) < 4.78 is 13.0. The first kappa shape index (κ1) is 16.1.